The SMILES string of the molecule is C[C@H](C#N)CNC(=O)c1cn[nH]c1-c1cccc(OC(F)F)c1. The molecule has 1 heterocycles. The first-order valence-electron chi connectivity index (χ1n) is 6.77. The number of carbonyl (C=O) groups is 1. The monoisotopic (exact) mass is 320 g/mol. The fraction of sp³-hybridized carbons (Fsp3) is 0.267. The zero-order valence-corrected chi connectivity index (χ0v) is 12.2. The largest absolute Gasteiger partial charge is 0.435 e. The van der Waals surface area contributed by atoms with Crippen molar-refractivity contribution in [3.8, 4) is 23.1 Å². The lowest BCUT2D eigenvalue weighted by Crippen LogP contribution is -2.27. The molecule has 0 saturated carbocycles. The smallest absolute Gasteiger partial charge is 0.387 e. The van der Waals surface area contributed by atoms with Crippen molar-refractivity contribution in [3.63, 3.8) is 0 Å². The van der Waals surface area contributed by atoms with Crippen LogP contribution in [0.4, 0.5) is 8.78 Å². The molecule has 0 fully saturated rings. The third-order valence-corrected chi connectivity index (χ3v) is 3.02. The highest BCUT2D eigenvalue weighted by molar-refractivity contribution is 5.99. The summed E-state index contributed by atoms with van der Waals surface area (Å²) in [6, 6.07) is 7.96. The van der Waals surface area contributed by atoms with Crippen LogP contribution in [0.5, 0.6) is 5.75 Å². The minimum absolute atomic E-state index is 0.0171. The van der Waals surface area contributed by atoms with E-state index < -0.39 is 12.5 Å². The van der Waals surface area contributed by atoms with Crippen molar-refractivity contribution >= 4 is 5.91 Å². The van der Waals surface area contributed by atoms with E-state index in [0.29, 0.717) is 11.3 Å². The molecule has 1 aromatic carbocycles. The lowest BCUT2D eigenvalue weighted by molar-refractivity contribution is -0.0498. The minimum Gasteiger partial charge on any atom is -0.435 e. The Bertz CT molecular complexity index is 724. The van der Waals surface area contributed by atoms with Crippen LogP contribution in [-0.2, 0) is 0 Å². The summed E-state index contributed by atoms with van der Waals surface area (Å²) in [5.41, 5.74) is 1.12. The Morgan fingerprint density at radius 1 is 1.52 bits per heavy atom. The second-order valence-electron chi connectivity index (χ2n) is 4.81. The lowest BCUT2D eigenvalue weighted by atomic mass is 10.1. The second-order valence-corrected chi connectivity index (χ2v) is 4.81. The van der Waals surface area contributed by atoms with Gasteiger partial charge < -0.3 is 10.1 Å². The summed E-state index contributed by atoms with van der Waals surface area (Å²) in [5, 5.41) is 17.8. The average Bonchev–Trinajstić information content (AvgIpc) is 3.01. The molecule has 0 aliphatic rings. The molecule has 8 heteroatoms. The van der Waals surface area contributed by atoms with E-state index in [2.05, 4.69) is 20.3 Å². The van der Waals surface area contributed by atoms with Gasteiger partial charge in [-0.25, -0.2) is 0 Å². The van der Waals surface area contributed by atoms with Gasteiger partial charge in [0.05, 0.1) is 29.4 Å². The summed E-state index contributed by atoms with van der Waals surface area (Å²) in [6.07, 6.45) is 1.34. The first kappa shape index (κ1) is 16.4. The molecule has 0 saturated heterocycles. The normalized spacial score (nSPS) is 11.8. The van der Waals surface area contributed by atoms with Gasteiger partial charge in [-0.15, -0.1) is 0 Å². The standard InChI is InChI=1S/C15H14F2N4O2/c1-9(6-18)7-19-14(22)12-8-20-21-13(12)10-3-2-4-11(5-10)23-15(16)17/h2-5,8-9,15H,7H2,1H3,(H,19,22)(H,20,21)/t9-/m1/s1. The Morgan fingerprint density at radius 2 is 2.30 bits per heavy atom. The number of halogens is 2. The number of H-pyrrole nitrogens is 1. The number of nitrogens with zero attached hydrogens (tertiary/aromatic N) is 2. The number of hydrogen-bond acceptors (Lipinski definition) is 4. The van der Waals surface area contributed by atoms with Crippen molar-refractivity contribution in [1.29, 1.82) is 5.26 Å². The quantitative estimate of drug-likeness (QED) is 0.856. The first-order valence-corrected chi connectivity index (χ1v) is 6.77. The van der Waals surface area contributed by atoms with E-state index in [1.54, 1.807) is 13.0 Å². The summed E-state index contributed by atoms with van der Waals surface area (Å²) < 4.78 is 28.9. The van der Waals surface area contributed by atoms with Crippen LogP contribution in [0.1, 0.15) is 17.3 Å². The van der Waals surface area contributed by atoms with Gasteiger partial charge in [0.2, 0.25) is 0 Å². The zero-order chi connectivity index (χ0) is 16.8. The Balaban J connectivity index is 2.21. The number of carbonyl (C=O) groups excluding carboxylic acids is 1. The maximum absolute atomic E-state index is 12.3. The molecule has 0 aliphatic heterocycles. The lowest BCUT2D eigenvalue weighted by Gasteiger charge is -2.08. The number of rotatable bonds is 6. The fourth-order valence-corrected chi connectivity index (χ4v) is 1.89. The fourth-order valence-electron chi connectivity index (χ4n) is 1.89. The number of ether oxygens (including phenoxy) is 1. The molecule has 23 heavy (non-hydrogen) atoms. The van der Waals surface area contributed by atoms with Crippen molar-refractivity contribution < 1.29 is 18.3 Å². The van der Waals surface area contributed by atoms with Gasteiger partial charge in [-0.2, -0.15) is 19.1 Å². The van der Waals surface area contributed by atoms with Gasteiger partial charge in [-0.1, -0.05) is 12.1 Å². The maximum atomic E-state index is 12.3. The Labute approximate surface area is 131 Å². The van der Waals surface area contributed by atoms with E-state index in [1.807, 2.05) is 6.07 Å². The molecular weight excluding hydrogens is 306 g/mol. The van der Waals surface area contributed by atoms with Gasteiger partial charge in [-0.05, 0) is 19.1 Å². The highest BCUT2D eigenvalue weighted by Gasteiger charge is 2.16. The van der Waals surface area contributed by atoms with Crippen LogP contribution in [-0.4, -0.2) is 29.3 Å². The third kappa shape index (κ3) is 4.26. The van der Waals surface area contributed by atoms with Crippen LogP contribution in [0.25, 0.3) is 11.3 Å². The Hall–Kier alpha value is -2.95. The number of aromatic nitrogens is 2. The van der Waals surface area contributed by atoms with E-state index in [1.165, 1.54) is 24.4 Å². The van der Waals surface area contributed by atoms with Crippen LogP contribution >= 0.6 is 0 Å². The molecule has 0 unspecified atom stereocenters. The summed E-state index contributed by atoms with van der Waals surface area (Å²) in [5.74, 6) is -0.746. The van der Waals surface area contributed by atoms with Gasteiger partial charge in [0, 0.05) is 12.1 Å². The number of amides is 1. The molecule has 6 nitrogen and oxygen atoms in total. The van der Waals surface area contributed by atoms with Crippen LogP contribution in [0.3, 0.4) is 0 Å². The highest BCUT2D eigenvalue weighted by atomic mass is 19.3. The van der Waals surface area contributed by atoms with Gasteiger partial charge in [0.15, 0.2) is 0 Å². The summed E-state index contributed by atoms with van der Waals surface area (Å²) >= 11 is 0. The van der Waals surface area contributed by atoms with Crippen LogP contribution in [0.15, 0.2) is 30.5 Å². The van der Waals surface area contributed by atoms with Crippen LogP contribution in [0.2, 0.25) is 0 Å². The molecule has 1 aromatic heterocycles. The van der Waals surface area contributed by atoms with Crippen molar-refractivity contribution in [3.05, 3.63) is 36.0 Å². The van der Waals surface area contributed by atoms with E-state index in [0.717, 1.165) is 0 Å². The average molecular weight is 320 g/mol. The van der Waals surface area contributed by atoms with Crippen molar-refractivity contribution in [1.82, 2.24) is 15.5 Å². The van der Waals surface area contributed by atoms with Crippen LogP contribution < -0.4 is 10.1 Å². The van der Waals surface area contributed by atoms with Gasteiger partial charge in [-0.3, -0.25) is 9.89 Å². The van der Waals surface area contributed by atoms with Crippen molar-refractivity contribution in [2.75, 3.05) is 6.54 Å². The Kier molecular flexibility index (Phi) is 5.25. The topological polar surface area (TPSA) is 90.8 Å². The number of benzene rings is 1. The molecule has 2 rings (SSSR count). The summed E-state index contributed by atoms with van der Waals surface area (Å²) in [6.45, 7) is -1.04. The Morgan fingerprint density at radius 3 is 3.00 bits per heavy atom. The zero-order valence-electron chi connectivity index (χ0n) is 12.2. The molecule has 0 aliphatic carbocycles. The molecule has 2 aromatic rings. The number of nitrogens with one attached hydrogen (secondary N) is 2. The van der Waals surface area contributed by atoms with E-state index >= 15 is 0 Å². The molecular formula is C15H14F2N4O2. The van der Waals surface area contributed by atoms with E-state index in [4.69, 9.17) is 5.26 Å². The molecule has 1 atom stereocenters. The molecule has 0 radical (unpaired) electrons. The van der Waals surface area contributed by atoms with E-state index in [-0.39, 0.29) is 23.8 Å². The molecule has 1 amide bonds. The van der Waals surface area contributed by atoms with Crippen LogP contribution in [0, 0.1) is 17.2 Å². The van der Waals surface area contributed by atoms with Crippen molar-refractivity contribution in [2.45, 2.75) is 13.5 Å². The van der Waals surface area contributed by atoms with Gasteiger partial charge in [0.1, 0.15) is 5.75 Å². The third-order valence-electron chi connectivity index (χ3n) is 3.02. The maximum Gasteiger partial charge on any atom is 0.387 e. The number of hydrogen-bond donors (Lipinski definition) is 2. The first-order chi connectivity index (χ1) is 11.0. The second kappa shape index (κ2) is 7.35. The predicted octanol–water partition coefficient (Wildman–Crippen LogP) is 2.57. The molecule has 0 bridgehead atoms. The highest BCUT2D eigenvalue weighted by Crippen LogP contribution is 2.25. The van der Waals surface area contributed by atoms with Gasteiger partial charge >= 0.3 is 6.61 Å². The molecule has 0 spiro atoms. The van der Waals surface area contributed by atoms with Gasteiger partial charge in [0.25, 0.3) is 5.91 Å². The van der Waals surface area contributed by atoms with Crippen molar-refractivity contribution in [2.24, 2.45) is 5.92 Å². The molecule has 2 N–H and O–H groups in total. The number of nitriles is 1. The minimum atomic E-state index is -2.93. The predicted molar refractivity (Wildman–Crippen MR) is 77.8 cm³/mol. The number of alkyl halides is 2. The summed E-state index contributed by atoms with van der Waals surface area (Å²) in [7, 11) is 0. The molecule has 120 valence electrons. The number of aromatic amines is 1. The van der Waals surface area contributed by atoms with E-state index in [9.17, 15) is 13.6 Å². The summed E-state index contributed by atoms with van der Waals surface area (Å²) in [4.78, 5) is 12.2.